The number of ether oxygens (including phenoxy) is 1. The third kappa shape index (κ3) is 12.4. The van der Waals surface area contributed by atoms with E-state index < -0.39 is 24.3 Å². The molecule has 2 aromatic heterocycles. The minimum atomic E-state index is -5.08. The topological polar surface area (TPSA) is 121 Å². The molecule has 0 unspecified atom stereocenters. The van der Waals surface area contributed by atoms with Crippen molar-refractivity contribution in [2.75, 3.05) is 33.8 Å². The summed E-state index contributed by atoms with van der Waals surface area (Å²) in [6, 6.07) is 4.42. The van der Waals surface area contributed by atoms with Gasteiger partial charge in [0.2, 0.25) is 0 Å². The minimum Gasteiger partial charge on any atom is -0.475 e. The number of likely N-dealkylation sites (N-methyl/N-ethyl adjacent to an activating group) is 1. The molecule has 0 saturated carbocycles. The number of aromatic nitrogens is 3. The van der Waals surface area contributed by atoms with Gasteiger partial charge in [0.05, 0.1) is 13.2 Å². The molecule has 2 N–H and O–H groups in total. The molecule has 0 saturated heterocycles. The number of fused-ring (bicyclic) bond motifs is 1. The smallest absolute Gasteiger partial charge is 0.475 e. The number of nitrogens with zero attached hydrogens (tertiary/aromatic N) is 5. The van der Waals surface area contributed by atoms with Crippen molar-refractivity contribution in [2.24, 2.45) is 0 Å². The first-order chi connectivity index (χ1) is 17.0. The number of hydrogen-bond donors (Lipinski definition) is 2. The summed E-state index contributed by atoms with van der Waals surface area (Å²) in [6.45, 7) is 8.19. The van der Waals surface area contributed by atoms with Crippen molar-refractivity contribution < 1.29 is 50.9 Å². The first-order valence-corrected chi connectivity index (χ1v) is 11.3. The number of hydrogen-bond acceptors (Lipinski definition) is 8. The molecule has 0 spiro atoms. The fourth-order valence-electron chi connectivity index (χ4n) is 2.71. The Morgan fingerprint density at radius 2 is 1.62 bits per heavy atom. The lowest BCUT2D eigenvalue weighted by atomic mass is 10.3. The number of halogens is 6. The monoisotopic (exact) mass is 563 g/mol. The van der Waals surface area contributed by atoms with E-state index >= 15 is 0 Å². The maximum absolute atomic E-state index is 10.6. The first kappa shape index (κ1) is 32.3. The molecule has 0 radical (unpaired) electrons. The quantitative estimate of drug-likeness (QED) is 0.387. The Morgan fingerprint density at radius 1 is 1.05 bits per heavy atom. The van der Waals surface area contributed by atoms with Crippen LogP contribution >= 0.6 is 11.3 Å². The van der Waals surface area contributed by atoms with E-state index in [1.165, 1.54) is 9.75 Å². The van der Waals surface area contributed by atoms with Crippen LogP contribution in [0.3, 0.4) is 0 Å². The van der Waals surface area contributed by atoms with Crippen LogP contribution in [0.2, 0.25) is 0 Å². The maximum atomic E-state index is 10.6. The number of alkyl halides is 6. The van der Waals surface area contributed by atoms with E-state index in [0.717, 1.165) is 51.0 Å². The first-order valence-electron chi connectivity index (χ1n) is 10.5. The number of rotatable bonds is 7. The Bertz CT molecular complexity index is 985. The van der Waals surface area contributed by atoms with Crippen molar-refractivity contribution in [1.29, 1.82) is 0 Å². The molecule has 2 aromatic rings. The second-order valence-electron chi connectivity index (χ2n) is 7.87. The van der Waals surface area contributed by atoms with Crippen LogP contribution in [0.25, 0.3) is 0 Å². The summed E-state index contributed by atoms with van der Waals surface area (Å²) in [5, 5.41) is 22.9. The van der Waals surface area contributed by atoms with Crippen LogP contribution in [0.5, 0.6) is 0 Å². The van der Waals surface area contributed by atoms with E-state index in [0.29, 0.717) is 6.61 Å². The standard InChI is InChI=1S/C16H25N5OS.2C2HF3O2/c1-13-4-5-14(23-13)10-20-6-7-21-15(11-20)17-18-16(21)12-22-9-8-19(2)3;2*3-2(4,5)1(6)7/h4-5H,6-12H2,1-3H3;2*(H,6,7). The SMILES string of the molecule is Cc1ccc(CN2CCn3c(COCCN(C)C)nnc3C2)s1.O=C(O)C(F)(F)F.O=C(O)C(F)(F)F. The van der Waals surface area contributed by atoms with E-state index in [4.69, 9.17) is 24.5 Å². The molecule has 37 heavy (non-hydrogen) atoms. The maximum Gasteiger partial charge on any atom is 0.490 e. The Balaban J connectivity index is 0.000000404. The molecule has 0 aromatic carbocycles. The largest absolute Gasteiger partial charge is 0.490 e. The number of thiophene rings is 1. The molecule has 1 aliphatic rings. The van der Waals surface area contributed by atoms with Crippen molar-refractivity contribution in [3.8, 4) is 0 Å². The van der Waals surface area contributed by atoms with Crippen LogP contribution in [0.4, 0.5) is 26.3 Å². The molecule has 17 heteroatoms. The molecule has 3 rings (SSSR count). The lowest BCUT2D eigenvalue weighted by molar-refractivity contribution is -0.193. The van der Waals surface area contributed by atoms with Crippen LogP contribution in [0.1, 0.15) is 21.4 Å². The van der Waals surface area contributed by atoms with E-state index in [9.17, 15) is 26.3 Å². The van der Waals surface area contributed by atoms with Gasteiger partial charge >= 0.3 is 24.3 Å². The molecular formula is C20H27F6N5O5S. The summed E-state index contributed by atoms with van der Waals surface area (Å²) in [5.74, 6) is -3.51. The number of aliphatic carboxylic acids is 2. The zero-order chi connectivity index (χ0) is 28.4. The third-order valence-corrected chi connectivity index (χ3v) is 5.47. The molecule has 0 bridgehead atoms. The van der Waals surface area contributed by atoms with E-state index in [1.807, 2.05) is 25.4 Å². The van der Waals surface area contributed by atoms with Crippen molar-refractivity contribution in [3.63, 3.8) is 0 Å². The Kier molecular flexibility index (Phi) is 12.4. The molecule has 0 atom stereocenters. The predicted octanol–water partition coefficient (Wildman–Crippen LogP) is 3.01. The molecule has 210 valence electrons. The second-order valence-corrected chi connectivity index (χ2v) is 9.24. The van der Waals surface area contributed by atoms with Gasteiger partial charge < -0.3 is 24.4 Å². The molecule has 10 nitrogen and oxygen atoms in total. The average molecular weight is 564 g/mol. The second kappa shape index (κ2) is 14.3. The summed E-state index contributed by atoms with van der Waals surface area (Å²) in [5.41, 5.74) is 0. The molecular weight excluding hydrogens is 536 g/mol. The van der Waals surface area contributed by atoms with Gasteiger partial charge in [-0.05, 0) is 33.2 Å². The van der Waals surface area contributed by atoms with Crippen LogP contribution in [-0.2, 0) is 40.6 Å². The number of carbonyl (C=O) groups is 2. The van der Waals surface area contributed by atoms with Crippen LogP contribution in [-0.4, -0.2) is 92.9 Å². The van der Waals surface area contributed by atoms with Gasteiger partial charge in [0.15, 0.2) is 5.82 Å². The van der Waals surface area contributed by atoms with Gasteiger partial charge in [0, 0.05) is 35.9 Å². The zero-order valence-electron chi connectivity index (χ0n) is 20.1. The highest BCUT2D eigenvalue weighted by molar-refractivity contribution is 7.11. The van der Waals surface area contributed by atoms with Gasteiger partial charge in [-0.2, -0.15) is 26.3 Å². The summed E-state index contributed by atoms with van der Waals surface area (Å²) < 4.78 is 71.4. The van der Waals surface area contributed by atoms with Crippen molar-refractivity contribution in [3.05, 3.63) is 33.5 Å². The van der Waals surface area contributed by atoms with Crippen molar-refractivity contribution in [2.45, 2.75) is 45.5 Å². The number of carboxylic acids is 2. The molecule has 3 heterocycles. The molecule has 0 aliphatic carbocycles. The van der Waals surface area contributed by atoms with Gasteiger partial charge in [0.25, 0.3) is 0 Å². The van der Waals surface area contributed by atoms with Gasteiger partial charge in [-0.3, -0.25) is 4.90 Å². The van der Waals surface area contributed by atoms with Crippen molar-refractivity contribution >= 4 is 23.3 Å². The molecule has 1 aliphatic heterocycles. The van der Waals surface area contributed by atoms with E-state index in [-0.39, 0.29) is 0 Å². The molecule has 0 amide bonds. The normalized spacial score (nSPS) is 13.8. The average Bonchev–Trinajstić information content (AvgIpc) is 3.36. The van der Waals surface area contributed by atoms with Crippen molar-refractivity contribution in [1.82, 2.24) is 24.6 Å². The highest BCUT2D eigenvalue weighted by atomic mass is 32.1. The number of carboxylic acid groups (broad SMARTS) is 2. The van der Waals surface area contributed by atoms with Crippen LogP contribution in [0.15, 0.2) is 12.1 Å². The Hall–Kier alpha value is -2.76. The minimum absolute atomic E-state index is 0.547. The highest BCUT2D eigenvalue weighted by Gasteiger charge is 2.38. The van der Waals surface area contributed by atoms with Gasteiger partial charge in [-0.1, -0.05) is 0 Å². The summed E-state index contributed by atoms with van der Waals surface area (Å²) in [7, 11) is 4.10. The zero-order valence-corrected chi connectivity index (χ0v) is 21.0. The number of aryl methyl sites for hydroxylation is 1. The Morgan fingerprint density at radius 3 is 2.08 bits per heavy atom. The fraction of sp³-hybridized carbons (Fsp3) is 0.600. The lowest BCUT2D eigenvalue weighted by Crippen LogP contribution is -2.33. The fourth-order valence-corrected chi connectivity index (χ4v) is 3.64. The van der Waals surface area contributed by atoms with E-state index in [1.54, 1.807) is 0 Å². The van der Waals surface area contributed by atoms with E-state index in [2.05, 4.69) is 43.6 Å². The lowest BCUT2D eigenvalue weighted by Gasteiger charge is -2.27. The predicted molar refractivity (Wildman–Crippen MR) is 119 cm³/mol. The third-order valence-electron chi connectivity index (χ3n) is 4.48. The Labute approximate surface area is 212 Å². The molecule has 0 fully saturated rings. The summed E-state index contributed by atoms with van der Waals surface area (Å²) in [4.78, 5) is 25.1. The van der Waals surface area contributed by atoms with Crippen LogP contribution < -0.4 is 0 Å². The van der Waals surface area contributed by atoms with Gasteiger partial charge in [0.1, 0.15) is 12.4 Å². The van der Waals surface area contributed by atoms with Gasteiger partial charge in [-0.15, -0.1) is 21.5 Å². The highest BCUT2D eigenvalue weighted by Crippen LogP contribution is 2.20. The van der Waals surface area contributed by atoms with Gasteiger partial charge in [-0.25, -0.2) is 9.59 Å². The summed E-state index contributed by atoms with van der Waals surface area (Å²) in [6.07, 6.45) is -10.2. The summed E-state index contributed by atoms with van der Waals surface area (Å²) >= 11 is 1.88. The van der Waals surface area contributed by atoms with Crippen LogP contribution in [0, 0.1) is 6.92 Å².